The van der Waals surface area contributed by atoms with E-state index in [1.54, 1.807) is 39.0 Å². The van der Waals surface area contributed by atoms with Crippen molar-refractivity contribution in [2.24, 2.45) is 0 Å². The number of H-pyrrole nitrogens is 1. The minimum absolute atomic E-state index is 0.293. The first-order valence-corrected chi connectivity index (χ1v) is 7.66. The molecule has 5 nitrogen and oxygen atoms in total. The lowest BCUT2D eigenvalue weighted by molar-refractivity contribution is 0.0308. The molecule has 24 heavy (non-hydrogen) atoms. The maximum absolute atomic E-state index is 13.0. The molecule has 1 aromatic heterocycles. The van der Waals surface area contributed by atoms with Crippen LogP contribution in [0.5, 0.6) is 11.5 Å². The summed E-state index contributed by atoms with van der Waals surface area (Å²) in [6, 6.07) is 10.4. The summed E-state index contributed by atoms with van der Waals surface area (Å²) < 4.78 is 20.2. The van der Waals surface area contributed by atoms with E-state index in [2.05, 4.69) is 4.98 Å². The third-order valence-electron chi connectivity index (χ3n) is 4.15. The second kappa shape index (κ2) is 5.79. The van der Waals surface area contributed by atoms with Crippen LogP contribution in [0.1, 0.15) is 26.8 Å². The summed E-state index contributed by atoms with van der Waals surface area (Å²) in [5.41, 5.74) is -0.0670. The van der Waals surface area contributed by atoms with Crippen LogP contribution in [-0.2, 0) is 0 Å². The van der Waals surface area contributed by atoms with Gasteiger partial charge < -0.3 is 14.8 Å². The van der Waals surface area contributed by atoms with Crippen LogP contribution < -0.4 is 10.4 Å². The van der Waals surface area contributed by atoms with Gasteiger partial charge in [0.15, 0.2) is 0 Å². The highest BCUT2D eigenvalue weighted by molar-refractivity contribution is 5.77. The minimum Gasteiger partial charge on any atom is -0.457 e. The number of halogens is 1. The average Bonchev–Trinajstić information content (AvgIpc) is 2.83. The Morgan fingerprint density at radius 1 is 1.17 bits per heavy atom. The number of nitrogens with zero attached hydrogens (tertiary/aromatic N) is 1. The molecule has 2 N–H and O–H groups in total. The number of aromatic nitrogens is 2. The molecule has 0 aliphatic rings. The first-order chi connectivity index (χ1) is 11.3. The SMILES string of the molecule is C[C@H](n1c(=O)[nH]c2ccc(Oc3ccc(F)cc3)cc21)C(C)(C)O. The second-order valence-corrected chi connectivity index (χ2v) is 6.36. The summed E-state index contributed by atoms with van der Waals surface area (Å²) in [5, 5.41) is 10.2. The third kappa shape index (κ3) is 3.05. The molecule has 126 valence electrons. The summed E-state index contributed by atoms with van der Waals surface area (Å²) in [6.07, 6.45) is 0. The van der Waals surface area contributed by atoms with Gasteiger partial charge in [0.1, 0.15) is 17.3 Å². The predicted octanol–water partition coefficient (Wildman–Crippen LogP) is 3.59. The molecule has 0 aliphatic carbocycles. The van der Waals surface area contributed by atoms with Crippen LogP contribution in [0.25, 0.3) is 11.0 Å². The van der Waals surface area contributed by atoms with Crippen LogP contribution in [0, 0.1) is 5.82 Å². The fourth-order valence-corrected chi connectivity index (χ4v) is 2.50. The maximum atomic E-state index is 13.0. The monoisotopic (exact) mass is 330 g/mol. The Bertz CT molecular complexity index is 920. The van der Waals surface area contributed by atoms with Gasteiger partial charge in [-0.25, -0.2) is 9.18 Å². The van der Waals surface area contributed by atoms with Crippen molar-refractivity contribution in [2.45, 2.75) is 32.4 Å². The summed E-state index contributed by atoms with van der Waals surface area (Å²) in [4.78, 5) is 15.0. The zero-order valence-electron chi connectivity index (χ0n) is 13.7. The Labute approximate surface area is 138 Å². The molecule has 6 heteroatoms. The number of rotatable bonds is 4. The Kier molecular flexibility index (Phi) is 3.93. The standard InChI is InChI=1S/C18H19FN2O3/c1-11(18(2,3)23)21-16-10-14(8-9-15(16)20-17(21)22)24-13-6-4-12(19)5-7-13/h4-11,23H,1-3H3,(H,20,22)/t11-/m0/s1. The minimum atomic E-state index is -1.06. The van der Waals surface area contributed by atoms with Gasteiger partial charge in [0, 0.05) is 6.07 Å². The predicted molar refractivity (Wildman–Crippen MR) is 90.0 cm³/mol. The molecule has 1 atom stereocenters. The lowest BCUT2D eigenvalue weighted by atomic mass is 10.0. The number of fused-ring (bicyclic) bond motifs is 1. The van der Waals surface area contributed by atoms with Crippen molar-refractivity contribution < 1.29 is 14.2 Å². The first kappa shape index (κ1) is 16.3. The van der Waals surface area contributed by atoms with E-state index in [-0.39, 0.29) is 11.5 Å². The van der Waals surface area contributed by atoms with Crippen molar-refractivity contribution >= 4 is 11.0 Å². The number of hydrogen-bond acceptors (Lipinski definition) is 3. The molecule has 0 bridgehead atoms. The van der Waals surface area contributed by atoms with Gasteiger partial charge >= 0.3 is 5.69 Å². The van der Waals surface area contributed by atoms with Crippen molar-refractivity contribution in [3.05, 3.63) is 58.8 Å². The van der Waals surface area contributed by atoms with Crippen molar-refractivity contribution in [2.75, 3.05) is 0 Å². The van der Waals surface area contributed by atoms with Gasteiger partial charge in [0.05, 0.1) is 22.7 Å². The van der Waals surface area contributed by atoms with Crippen LogP contribution in [0.3, 0.4) is 0 Å². The smallest absolute Gasteiger partial charge is 0.326 e. The van der Waals surface area contributed by atoms with Crippen LogP contribution >= 0.6 is 0 Å². The molecular weight excluding hydrogens is 311 g/mol. The van der Waals surface area contributed by atoms with E-state index in [4.69, 9.17) is 4.74 Å². The van der Waals surface area contributed by atoms with Gasteiger partial charge in [-0.2, -0.15) is 0 Å². The van der Waals surface area contributed by atoms with Crippen molar-refractivity contribution in [1.82, 2.24) is 9.55 Å². The number of aliphatic hydroxyl groups is 1. The molecule has 2 aromatic carbocycles. The van der Waals surface area contributed by atoms with Gasteiger partial charge in [-0.1, -0.05) is 0 Å². The normalized spacial score (nSPS) is 13.2. The average molecular weight is 330 g/mol. The van der Waals surface area contributed by atoms with Gasteiger partial charge in [0.2, 0.25) is 0 Å². The van der Waals surface area contributed by atoms with Gasteiger partial charge in [0.25, 0.3) is 0 Å². The molecule has 3 rings (SSSR count). The summed E-state index contributed by atoms with van der Waals surface area (Å²) >= 11 is 0. The Balaban J connectivity index is 2.03. The Morgan fingerprint density at radius 2 is 1.79 bits per heavy atom. The number of nitrogens with one attached hydrogen (secondary N) is 1. The van der Waals surface area contributed by atoms with E-state index in [9.17, 15) is 14.3 Å². The molecule has 1 heterocycles. The quantitative estimate of drug-likeness (QED) is 0.768. The largest absolute Gasteiger partial charge is 0.457 e. The molecule has 0 amide bonds. The maximum Gasteiger partial charge on any atom is 0.326 e. The lowest BCUT2D eigenvalue weighted by Gasteiger charge is -2.26. The van der Waals surface area contributed by atoms with E-state index in [0.717, 1.165) is 0 Å². The summed E-state index contributed by atoms with van der Waals surface area (Å²) in [6.45, 7) is 5.09. The van der Waals surface area contributed by atoms with E-state index >= 15 is 0 Å². The highest BCUT2D eigenvalue weighted by atomic mass is 19.1. The van der Waals surface area contributed by atoms with Crippen molar-refractivity contribution in [1.29, 1.82) is 0 Å². The number of aromatic amines is 1. The molecule has 0 fully saturated rings. The second-order valence-electron chi connectivity index (χ2n) is 6.36. The molecule has 0 unspecified atom stereocenters. The highest BCUT2D eigenvalue weighted by Gasteiger charge is 2.27. The van der Waals surface area contributed by atoms with E-state index < -0.39 is 11.6 Å². The summed E-state index contributed by atoms with van der Waals surface area (Å²) in [5.74, 6) is 0.678. The topological polar surface area (TPSA) is 67.2 Å². The molecular formula is C18H19FN2O3. The fourth-order valence-electron chi connectivity index (χ4n) is 2.50. The Morgan fingerprint density at radius 3 is 2.42 bits per heavy atom. The first-order valence-electron chi connectivity index (χ1n) is 7.66. The van der Waals surface area contributed by atoms with E-state index in [1.165, 1.54) is 28.8 Å². The van der Waals surface area contributed by atoms with Crippen molar-refractivity contribution in [3.8, 4) is 11.5 Å². The van der Waals surface area contributed by atoms with Crippen LogP contribution in [-0.4, -0.2) is 20.3 Å². The van der Waals surface area contributed by atoms with E-state index in [1.807, 2.05) is 0 Å². The van der Waals surface area contributed by atoms with Gasteiger partial charge in [-0.15, -0.1) is 0 Å². The highest BCUT2D eigenvalue weighted by Crippen LogP contribution is 2.28. The summed E-state index contributed by atoms with van der Waals surface area (Å²) in [7, 11) is 0. The Hall–Kier alpha value is -2.60. The number of hydrogen-bond donors (Lipinski definition) is 2. The molecule has 0 spiro atoms. The molecule has 0 saturated carbocycles. The third-order valence-corrected chi connectivity index (χ3v) is 4.15. The molecule has 0 aliphatic heterocycles. The fraction of sp³-hybridized carbons (Fsp3) is 0.278. The lowest BCUT2D eigenvalue weighted by Crippen LogP contribution is -2.35. The van der Waals surface area contributed by atoms with Crippen molar-refractivity contribution in [3.63, 3.8) is 0 Å². The van der Waals surface area contributed by atoms with Gasteiger partial charge in [-0.3, -0.25) is 4.57 Å². The van der Waals surface area contributed by atoms with Gasteiger partial charge in [-0.05, 0) is 57.2 Å². The zero-order chi connectivity index (χ0) is 17.5. The number of benzene rings is 2. The van der Waals surface area contributed by atoms with Crippen LogP contribution in [0.15, 0.2) is 47.3 Å². The zero-order valence-corrected chi connectivity index (χ0v) is 13.7. The molecule has 3 aromatic rings. The van der Waals surface area contributed by atoms with Crippen LogP contribution in [0.2, 0.25) is 0 Å². The number of imidazole rings is 1. The number of ether oxygens (including phenoxy) is 1. The van der Waals surface area contributed by atoms with E-state index in [0.29, 0.717) is 22.5 Å². The van der Waals surface area contributed by atoms with Crippen LogP contribution in [0.4, 0.5) is 4.39 Å². The molecule has 0 saturated heterocycles. The molecule has 0 radical (unpaired) electrons.